The number of rotatable bonds is 39. The van der Waals surface area contributed by atoms with Gasteiger partial charge in [-0.25, -0.2) is 0 Å². The van der Waals surface area contributed by atoms with Gasteiger partial charge in [-0.2, -0.15) is 8.42 Å². The predicted molar refractivity (Wildman–Crippen MR) is 238 cm³/mol. The second-order valence-electron chi connectivity index (χ2n) is 16.4. The number of carbonyl (C=O) groups excluding carboxylic acids is 2. The van der Waals surface area contributed by atoms with Crippen LogP contribution in [0, 0.1) is 0 Å². The molecular weight excluding hydrogens is 789 g/mol. The largest absolute Gasteiger partial charge is 0.462 e. The Kier molecular flexibility index (Phi) is 34.9. The number of unbranched alkanes of at least 4 members (excludes halogenated alkanes) is 21. The number of hydrogen-bond donors (Lipinski definition) is 4. The Bertz CT molecular complexity index is 1250. The lowest BCUT2D eigenvalue weighted by Gasteiger charge is -2.40. The van der Waals surface area contributed by atoms with Crippen LogP contribution in [-0.2, 0) is 38.7 Å². The smallest absolute Gasteiger partial charge is 0.306 e. The van der Waals surface area contributed by atoms with E-state index in [0.717, 1.165) is 70.6 Å². The van der Waals surface area contributed by atoms with Crippen molar-refractivity contribution in [2.24, 2.45) is 0 Å². The first kappa shape index (κ1) is 55.9. The van der Waals surface area contributed by atoms with E-state index >= 15 is 0 Å². The van der Waals surface area contributed by atoms with E-state index in [2.05, 4.69) is 50.3 Å². The summed E-state index contributed by atoms with van der Waals surface area (Å²) in [5.74, 6) is -2.00. The van der Waals surface area contributed by atoms with Gasteiger partial charge in [0, 0.05) is 12.8 Å². The van der Waals surface area contributed by atoms with Gasteiger partial charge in [0.25, 0.3) is 10.1 Å². The molecule has 60 heavy (non-hydrogen) atoms. The molecule has 0 radical (unpaired) electrons. The molecule has 1 fully saturated rings. The van der Waals surface area contributed by atoms with Crippen molar-refractivity contribution in [2.45, 2.75) is 230 Å². The van der Waals surface area contributed by atoms with Gasteiger partial charge in [-0.3, -0.25) is 14.1 Å². The molecule has 0 amide bonds. The molecule has 0 aliphatic carbocycles. The highest BCUT2D eigenvalue weighted by Crippen LogP contribution is 2.24. The van der Waals surface area contributed by atoms with Gasteiger partial charge in [0.15, 0.2) is 12.4 Å². The summed E-state index contributed by atoms with van der Waals surface area (Å²) >= 11 is 0. The van der Waals surface area contributed by atoms with E-state index in [1.165, 1.54) is 83.5 Å². The second-order valence-corrected chi connectivity index (χ2v) is 17.9. The molecule has 6 atom stereocenters. The number of carbonyl (C=O) groups is 2. The highest BCUT2D eigenvalue weighted by Gasteiger charge is 2.46. The minimum atomic E-state index is -4.60. The van der Waals surface area contributed by atoms with Crippen LogP contribution in [0.1, 0.15) is 194 Å². The van der Waals surface area contributed by atoms with Gasteiger partial charge in [0.2, 0.25) is 0 Å². The van der Waals surface area contributed by atoms with Crippen molar-refractivity contribution in [1.29, 1.82) is 0 Å². The van der Waals surface area contributed by atoms with Crippen molar-refractivity contribution in [2.75, 3.05) is 19.0 Å². The van der Waals surface area contributed by atoms with Crippen LogP contribution in [0.15, 0.2) is 36.5 Å². The van der Waals surface area contributed by atoms with E-state index in [-0.39, 0.29) is 19.4 Å². The summed E-state index contributed by atoms with van der Waals surface area (Å²) in [6.45, 7) is 3.68. The highest BCUT2D eigenvalue weighted by molar-refractivity contribution is 7.85. The molecule has 13 heteroatoms. The second kappa shape index (κ2) is 37.4. The third-order valence-corrected chi connectivity index (χ3v) is 11.4. The first-order valence-electron chi connectivity index (χ1n) is 23.5. The van der Waals surface area contributed by atoms with Crippen molar-refractivity contribution in [3.05, 3.63) is 36.5 Å². The maximum atomic E-state index is 12.8. The number of allylic oxidation sites excluding steroid dienone is 6. The highest BCUT2D eigenvalue weighted by atomic mass is 32.2. The third kappa shape index (κ3) is 31.7. The summed E-state index contributed by atoms with van der Waals surface area (Å²) in [5.41, 5.74) is 0. The Morgan fingerprint density at radius 2 is 1.03 bits per heavy atom. The van der Waals surface area contributed by atoms with Gasteiger partial charge < -0.3 is 34.3 Å². The Morgan fingerprint density at radius 1 is 0.567 bits per heavy atom. The maximum Gasteiger partial charge on any atom is 0.306 e. The van der Waals surface area contributed by atoms with Crippen LogP contribution in [0.2, 0.25) is 0 Å². The fourth-order valence-corrected chi connectivity index (χ4v) is 7.69. The molecule has 1 aliphatic heterocycles. The van der Waals surface area contributed by atoms with Crippen molar-refractivity contribution in [3.63, 3.8) is 0 Å². The minimum absolute atomic E-state index is 0.148. The van der Waals surface area contributed by atoms with E-state index in [9.17, 15) is 37.9 Å². The van der Waals surface area contributed by atoms with Crippen LogP contribution in [0.3, 0.4) is 0 Å². The summed E-state index contributed by atoms with van der Waals surface area (Å²) in [6, 6.07) is 0. The molecule has 0 aromatic carbocycles. The van der Waals surface area contributed by atoms with Crippen molar-refractivity contribution in [3.8, 4) is 0 Å². The molecule has 0 aromatic heterocycles. The molecule has 1 saturated heterocycles. The van der Waals surface area contributed by atoms with Gasteiger partial charge >= 0.3 is 11.9 Å². The fraction of sp³-hybridized carbons (Fsp3) is 0.830. The van der Waals surface area contributed by atoms with Crippen LogP contribution in [-0.4, -0.2) is 96.0 Å². The van der Waals surface area contributed by atoms with E-state index in [0.29, 0.717) is 12.8 Å². The molecule has 1 heterocycles. The minimum Gasteiger partial charge on any atom is -0.462 e. The lowest BCUT2D eigenvalue weighted by molar-refractivity contribution is -0.297. The Hall–Kier alpha value is -2.13. The molecule has 0 aromatic rings. The van der Waals surface area contributed by atoms with E-state index in [1.807, 2.05) is 0 Å². The van der Waals surface area contributed by atoms with Crippen molar-refractivity contribution >= 4 is 22.1 Å². The van der Waals surface area contributed by atoms with Gasteiger partial charge in [-0.05, 0) is 64.2 Å². The van der Waals surface area contributed by atoms with Gasteiger partial charge in [-0.1, -0.05) is 153 Å². The molecule has 350 valence electrons. The summed E-state index contributed by atoms with van der Waals surface area (Å²) in [5, 5.41) is 30.9. The number of ether oxygens (including phenoxy) is 4. The molecule has 1 aliphatic rings. The number of aliphatic hydroxyl groups excluding tert-OH is 3. The van der Waals surface area contributed by atoms with Crippen LogP contribution in [0.25, 0.3) is 0 Å². The lowest BCUT2D eigenvalue weighted by Crippen LogP contribution is -2.60. The first-order chi connectivity index (χ1) is 29.0. The molecule has 12 nitrogen and oxygen atoms in total. The van der Waals surface area contributed by atoms with E-state index in [4.69, 9.17) is 18.9 Å². The van der Waals surface area contributed by atoms with E-state index < -0.39 is 71.2 Å². The van der Waals surface area contributed by atoms with E-state index in [1.54, 1.807) is 0 Å². The Balaban J connectivity index is 2.41. The average molecular weight is 873 g/mol. The summed E-state index contributed by atoms with van der Waals surface area (Å²) in [7, 11) is -4.60. The maximum absolute atomic E-state index is 12.8. The normalized spacial score (nSPS) is 20.4. The molecule has 0 saturated carbocycles. The SMILES string of the molecule is CCC/C=C\C/C=C\CCCCCCCC(=O)OC(COC(=O)CCCCCCCCCCC/C=C\CCCCCCCC)COC1OC(CS(=O)(=O)O)C(O)C(O)C1O. The predicted octanol–water partition coefficient (Wildman–Crippen LogP) is 9.78. The van der Waals surface area contributed by atoms with Gasteiger partial charge in [-0.15, -0.1) is 0 Å². The lowest BCUT2D eigenvalue weighted by atomic mass is 10.00. The first-order valence-corrected chi connectivity index (χ1v) is 25.2. The average Bonchev–Trinajstić information content (AvgIpc) is 3.21. The fourth-order valence-electron chi connectivity index (χ4n) is 7.00. The molecule has 1 rings (SSSR count). The molecule has 0 bridgehead atoms. The van der Waals surface area contributed by atoms with Crippen LogP contribution in [0.4, 0.5) is 0 Å². The summed E-state index contributed by atoms with van der Waals surface area (Å²) in [6.07, 6.45) is 33.3. The quantitative estimate of drug-likeness (QED) is 0.0199. The summed E-state index contributed by atoms with van der Waals surface area (Å²) < 4.78 is 54.1. The molecular formula is C47H84O12S. The third-order valence-electron chi connectivity index (χ3n) is 10.7. The zero-order valence-electron chi connectivity index (χ0n) is 37.3. The van der Waals surface area contributed by atoms with Crippen LogP contribution < -0.4 is 0 Å². The van der Waals surface area contributed by atoms with Gasteiger partial charge in [0.1, 0.15) is 36.8 Å². The monoisotopic (exact) mass is 873 g/mol. The zero-order valence-corrected chi connectivity index (χ0v) is 38.1. The molecule has 0 spiro atoms. The molecule has 4 N–H and O–H groups in total. The van der Waals surface area contributed by atoms with Crippen molar-refractivity contribution < 1.29 is 56.8 Å². The number of esters is 2. The van der Waals surface area contributed by atoms with Crippen LogP contribution in [0.5, 0.6) is 0 Å². The standard InChI is InChI=1S/C47H84O12S/c1-3-5-7-9-11-13-15-17-18-19-20-21-22-24-25-27-29-31-33-35-42(48)56-37-40(38-57-47-46(52)45(51)44(50)41(59-47)39-60(53,54)55)58-43(49)36-34-32-30-28-26-23-16-14-12-10-8-6-4-2/h8,10,14,16-18,40-41,44-47,50-52H,3-7,9,11-13,15,19-39H2,1-2H3,(H,53,54,55)/b10-8-,16-14-,18-17-. The zero-order chi connectivity index (χ0) is 44.1. The molecule has 6 unspecified atom stereocenters. The Labute approximate surface area is 363 Å². The number of hydrogen-bond acceptors (Lipinski definition) is 11. The number of aliphatic hydroxyl groups is 3. The Morgan fingerprint density at radius 3 is 1.55 bits per heavy atom. The topological polar surface area (TPSA) is 186 Å². The van der Waals surface area contributed by atoms with Gasteiger partial charge in [0.05, 0.1) is 6.61 Å². The van der Waals surface area contributed by atoms with Crippen molar-refractivity contribution in [1.82, 2.24) is 0 Å². The summed E-state index contributed by atoms with van der Waals surface area (Å²) in [4.78, 5) is 25.4. The van der Waals surface area contributed by atoms with Crippen LogP contribution >= 0.6 is 0 Å².